The van der Waals surface area contributed by atoms with Crippen LogP contribution in [-0.4, -0.2) is 21.1 Å². The van der Waals surface area contributed by atoms with Crippen LogP contribution in [0.3, 0.4) is 0 Å². The number of rotatable bonds is 1. The number of aliphatic imine (C=N–C) groups is 1. The van der Waals surface area contributed by atoms with Gasteiger partial charge >= 0.3 is 0 Å². The summed E-state index contributed by atoms with van der Waals surface area (Å²) in [4.78, 5) is 4.46. The highest BCUT2D eigenvalue weighted by Crippen LogP contribution is 2.34. The Kier molecular flexibility index (Phi) is 3.74. The Morgan fingerprint density at radius 2 is 2.42 bits per heavy atom. The number of allylic oxidation sites excluding steroid dienone is 2. The van der Waals surface area contributed by atoms with Crippen molar-refractivity contribution in [1.29, 1.82) is 0 Å². The Balaban J connectivity index is 0.000000720. The lowest BCUT2D eigenvalue weighted by Gasteiger charge is -2.13. The molecule has 5 heteroatoms. The van der Waals surface area contributed by atoms with Gasteiger partial charge in [0.1, 0.15) is 5.84 Å². The van der Waals surface area contributed by atoms with Crippen LogP contribution in [0.25, 0.3) is 0 Å². The number of hydrogen-bond acceptors (Lipinski definition) is 4. The summed E-state index contributed by atoms with van der Waals surface area (Å²) in [5, 5.41) is 0. The summed E-state index contributed by atoms with van der Waals surface area (Å²) in [6.07, 6.45) is 10.2. The van der Waals surface area contributed by atoms with Crippen molar-refractivity contribution in [2.24, 2.45) is 4.99 Å². The maximum Gasteiger partial charge on any atom is 0.163 e. The van der Waals surface area contributed by atoms with Crippen molar-refractivity contribution in [1.82, 2.24) is 4.31 Å². The monoisotopic (exact) mass is 264 g/mol. The van der Waals surface area contributed by atoms with Crippen LogP contribution in [0.1, 0.15) is 0 Å². The predicted molar refractivity (Wildman–Crippen MR) is 62.8 cm³/mol. The van der Waals surface area contributed by atoms with Crippen molar-refractivity contribution in [3.63, 3.8) is 0 Å². The SMILES string of the molecule is Br.CSC1N=C2C=CC=CN2S1. The van der Waals surface area contributed by atoms with Crippen molar-refractivity contribution >= 4 is 46.5 Å². The Hall–Kier alpha value is 0.130. The number of halogens is 1. The molecule has 2 heterocycles. The zero-order valence-corrected chi connectivity index (χ0v) is 9.85. The molecule has 0 saturated carbocycles. The van der Waals surface area contributed by atoms with E-state index in [0.717, 1.165) is 5.84 Å². The molecule has 0 aromatic rings. The van der Waals surface area contributed by atoms with E-state index in [1.165, 1.54) is 0 Å². The molecule has 0 amide bonds. The lowest BCUT2D eigenvalue weighted by Crippen LogP contribution is -2.12. The average molecular weight is 265 g/mol. The molecule has 0 bridgehead atoms. The summed E-state index contributed by atoms with van der Waals surface area (Å²) in [5.74, 6) is 1.07. The van der Waals surface area contributed by atoms with Gasteiger partial charge in [-0.05, 0) is 30.4 Å². The average Bonchev–Trinajstić information content (AvgIpc) is 2.46. The molecule has 2 aliphatic heterocycles. The molecule has 0 radical (unpaired) electrons. The highest BCUT2D eigenvalue weighted by Gasteiger charge is 2.22. The fraction of sp³-hybridized carbons (Fsp3) is 0.286. The molecule has 0 aromatic carbocycles. The van der Waals surface area contributed by atoms with E-state index in [4.69, 9.17) is 0 Å². The second-order valence-corrected chi connectivity index (χ2v) is 4.43. The fourth-order valence-corrected chi connectivity index (χ4v) is 2.47. The molecule has 0 N–H and O–H groups in total. The summed E-state index contributed by atoms with van der Waals surface area (Å²) in [7, 11) is 0. The molecule has 66 valence electrons. The van der Waals surface area contributed by atoms with Gasteiger partial charge in [-0.15, -0.1) is 28.7 Å². The summed E-state index contributed by atoms with van der Waals surface area (Å²) in [6, 6.07) is 0. The van der Waals surface area contributed by atoms with E-state index in [9.17, 15) is 0 Å². The first-order valence-corrected chi connectivity index (χ1v) is 5.44. The largest absolute Gasteiger partial charge is 0.273 e. The molecule has 12 heavy (non-hydrogen) atoms. The van der Waals surface area contributed by atoms with Crippen LogP contribution in [0.4, 0.5) is 0 Å². The molecule has 2 aliphatic rings. The normalized spacial score (nSPS) is 24.9. The van der Waals surface area contributed by atoms with Crippen LogP contribution in [0, 0.1) is 0 Å². The Morgan fingerprint density at radius 3 is 3.08 bits per heavy atom. The van der Waals surface area contributed by atoms with Crippen LogP contribution >= 0.6 is 40.7 Å². The number of thioether (sulfide) groups is 1. The van der Waals surface area contributed by atoms with E-state index in [0.29, 0.717) is 4.71 Å². The first-order valence-electron chi connectivity index (χ1n) is 3.31. The van der Waals surface area contributed by atoms with E-state index >= 15 is 0 Å². The van der Waals surface area contributed by atoms with Gasteiger partial charge in [-0.25, -0.2) is 4.99 Å². The summed E-state index contributed by atoms with van der Waals surface area (Å²) in [5.41, 5.74) is 0. The van der Waals surface area contributed by atoms with Crippen molar-refractivity contribution in [2.75, 3.05) is 6.26 Å². The molecule has 0 spiro atoms. The van der Waals surface area contributed by atoms with Gasteiger partial charge in [-0.1, -0.05) is 6.08 Å². The number of hydrogen-bond donors (Lipinski definition) is 0. The Labute approximate surface area is 91.1 Å². The van der Waals surface area contributed by atoms with Crippen molar-refractivity contribution < 1.29 is 0 Å². The minimum atomic E-state index is 0. The summed E-state index contributed by atoms with van der Waals surface area (Å²) < 4.78 is 2.44. The van der Waals surface area contributed by atoms with E-state index in [-0.39, 0.29) is 17.0 Å². The molecule has 1 unspecified atom stereocenters. The number of fused-ring (bicyclic) bond motifs is 1. The molecule has 0 saturated heterocycles. The molecule has 1 atom stereocenters. The molecule has 2 nitrogen and oxygen atoms in total. The standard InChI is InChI=1S/C7H8N2S2.BrH/c1-10-7-8-6-4-2-3-5-9(6)11-7;/h2-5,7H,1H3;1H. The van der Waals surface area contributed by atoms with Crippen LogP contribution in [0.15, 0.2) is 29.4 Å². The van der Waals surface area contributed by atoms with Crippen molar-refractivity contribution in [3.8, 4) is 0 Å². The maximum absolute atomic E-state index is 4.46. The number of nitrogens with zero attached hydrogens (tertiary/aromatic N) is 2. The van der Waals surface area contributed by atoms with Gasteiger partial charge < -0.3 is 0 Å². The van der Waals surface area contributed by atoms with E-state index in [2.05, 4.69) is 15.6 Å². The second-order valence-electron chi connectivity index (χ2n) is 2.16. The summed E-state index contributed by atoms with van der Waals surface area (Å²) in [6.45, 7) is 0. The van der Waals surface area contributed by atoms with Crippen LogP contribution in [0.2, 0.25) is 0 Å². The van der Waals surface area contributed by atoms with Gasteiger partial charge in [0.25, 0.3) is 0 Å². The van der Waals surface area contributed by atoms with Crippen LogP contribution < -0.4 is 0 Å². The third kappa shape index (κ3) is 1.89. The lowest BCUT2D eigenvalue weighted by molar-refractivity contribution is 0.947. The minimum absolute atomic E-state index is 0. The van der Waals surface area contributed by atoms with Crippen molar-refractivity contribution in [3.05, 3.63) is 24.4 Å². The Morgan fingerprint density at radius 1 is 1.58 bits per heavy atom. The molecule has 2 rings (SSSR count). The van der Waals surface area contributed by atoms with Gasteiger partial charge in [0.15, 0.2) is 4.71 Å². The Bertz CT molecular complexity index is 250. The van der Waals surface area contributed by atoms with Gasteiger partial charge in [0, 0.05) is 6.20 Å². The predicted octanol–water partition coefficient (Wildman–Crippen LogP) is 2.66. The van der Waals surface area contributed by atoms with E-state index < -0.39 is 0 Å². The van der Waals surface area contributed by atoms with Crippen molar-refractivity contribution in [2.45, 2.75) is 4.71 Å². The molecule has 0 aromatic heterocycles. The smallest absolute Gasteiger partial charge is 0.163 e. The highest BCUT2D eigenvalue weighted by molar-refractivity contribution is 8.93. The van der Waals surface area contributed by atoms with Gasteiger partial charge in [-0.3, -0.25) is 4.31 Å². The first-order chi connectivity index (χ1) is 5.40. The van der Waals surface area contributed by atoms with Crippen LogP contribution in [0.5, 0.6) is 0 Å². The molecule has 0 aliphatic carbocycles. The first kappa shape index (κ1) is 10.2. The lowest BCUT2D eigenvalue weighted by atomic mass is 10.4. The molecular weight excluding hydrogens is 256 g/mol. The zero-order chi connectivity index (χ0) is 7.68. The topological polar surface area (TPSA) is 15.6 Å². The molecule has 0 fully saturated rings. The van der Waals surface area contributed by atoms with Crippen LogP contribution in [-0.2, 0) is 0 Å². The van der Waals surface area contributed by atoms with Gasteiger partial charge in [-0.2, -0.15) is 0 Å². The van der Waals surface area contributed by atoms with Gasteiger partial charge in [0.05, 0.1) is 0 Å². The molecular formula is C7H9BrN2S2. The van der Waals surface area contributed by atoms with E-state index in [1.54, 1.807) is 23.7 Å². The maximum atomic E-state index is 4.46. The highest BCUT2D eigenvalue weighted by atomic mass is 79.9. The quantitative estimate of drug-likeness (QED) is 0.678. The fourth-order valence-electron chi connectivity index (χ4n) is 0.933. The van der Waals surface area contributed by atoms with Gasteiger partial charge in [0.2, 0.25) is 0 Å². The second kappa shape index (κ2) is 4.39. The summed E-state index contributed by atoms with van der Waals surface area (Å²) >= 11 is 3.51. The third-order valence-electron chi connectivity index (χ3n) is 1.45. The van der Waals surface area contributed by atoms with E-state index in [1.807, 2.05) is 24.4 Å². The number of amidine groups is 1. The third-order valence-corrected chi connectivity index (χ3v) is 3.61. The zero-order valence-electron chi connectivity index (χ0n) is 6.51. The minimum Gasteiger partial charge on any atom is -0.273 e.